The molecule has 0 bridgehead atoms. The van der Waals surface area contributed by atoms with Crippen LogP contribution in [0.3, 0.4) is 0 Å². The molecular formula is C10H12N2O3S. The van der Waals surface area contributed by atoms with E-state index in [1.807, 2.05) is 6.07 Å². The van der Waals surface area contributed by atoms with Gasteiger partial charge >= 0.3 is 0 Å². The molecule has 1 unspecified atom stereocenters. The summed E-state index contributed by atoms with van der Waals surface area (Å²) < 4.78 is 22.8. The molecule has 0 spiro atoms. The lowest BCUT2D eigenvalue weighted by molar-refractivity contribution is -0.116. The third kappa shape index (κ3) is 1.70. The number of para-hydroxylation sites is 1. The third-order valence-electron chi connectivity index (χ3n) is 2.65. The Kier molecular flexibility index (Phi) is 2.47. The van der Waals surface area contributed by atoms with Gasteiger partial charge in [-0.15, -0.1) is 0 Å². The lowest BCUT2D eigenvalue weighted by atomic mass is 10.2. The number of carbonyl (C=O) groups is 1. The zero-order valence-corrected chi connectivity index (χ0v) is 9.57. The first kappa shape index (κ1) is 11.1. The quantitative estimate of drug-likeness (QED) is 0.762. The number of sulfonamides is 1. The summed E-state index contributed by atoms with van der Waals surface area (Å²) >= 11 is 0. The second-order valence-corrected chi connectivity index (χ2v) is 5.49. The molecule has 2 rings (SSSR count). The fourth-order valence-corrected chi connectivity index (χ4v) is 2.96. The second kappa shape index (κ2) is 3.57. The van der Waals surface area contributed by atoms with Gasteiger partial charge in [0.25, 0.3) is 0 Å². The Morgan fingerprint density at radius 3 is 2.62 bits per heavy atom. The van der Waals surface area contributed by atoms with Crippen LogP contribution in [0.25, 0.3) is 0 Å². The van der Waals surface area contributed by atoms with Crippen molar-refractivity contribution in [1.29, 1.82) is 0 Å². The molecule has 1 aliphatic rings. The molecule has 6 heteroatoms. The number of primary sulfonamides is 1. The molecule has 16 heavy (non-hydrogen) atoms. The van der Waals surface area contributed by atoms with Gasteiger partial charge in [-0.1, -0.05) is 18.2 Å². The Labute approximate surface area is 93.9 Å². The Balaban J connectivity index is 2.54. The molecule has 0 fully saturated rings. The van der Waals surface area contributed by atoms with Crippen molar-refractivity contribution >= 4 is 21.6 Å². The van der Waals surface area contributed by atoms with Crippen LogP contribution in [0.4, 0.5) is 5.69 Å². The average molecular weight is 240 g/mol. The van der Waals surface area contributed by atoms with Crippen LogP contribution >= 0.6 is 0 Å². The van der Waals surface area contributed by atoms with Crippen LogP contribution in [0.15, 0.2) is 24.3 Å². The van der Waals surface area contributed by atoms with Crippen molar-refractivity contribution in [2.75, 3.05) is 4.90 Å². The van der Waals surface area contributed by atoms with Gasteiger partial charge in [-0.3, -0.25) is 9.69 Å². The van der Waals surface area contributed by atoms with Crippen LogP contribution in [0.1, 0.15) is 12.5 Å². The van der Waals surface area contributed by atoms with Crippen molar-refractivity contribution < 1.29 is 13.2 Å². The second-order valence-electron chi connectivity index (χ2n) is 3.77. The molecule has 1 atom stereocenters. The van der Waals surface area contributed by atoms with Gasteiger partial charge in [-0.25, -0.2) is 13.6 Å². The minimum atomic E-state index is -3.76. The zero-order chi connectivity index (χ0) is 11.9. The first-order valence-corrected chi connectivity index (χ1v) is 6.41. The van der Waals surface area contributed by atoms with E-state index in [0.717, 1.165) is 5.56 Å². The molecule has 5 nitrogen and oxygen atoms in total. The van der Waals surface area contributed by atoms with Gasteiger partial charge in [0.2, 0.25) is 15.9 Å². The number of rotatable bonds is 1. The number of carbonyl (C=O) groups excluding carboxylic acids is 1. The highest BCUT2D eigenvalue weighted by Gasteiger charge is 2.38. The maximum Gasteiger partial charge on any atom is 0.231 e. The van der Waals surface area contributed by atoms with E-state index < -0.39 is 15.4 Å². The molecule has 0 radical (unpaired) electrons. The Hall–Kier alpha value is -1.40. The van der Waals surface area contributed by atoms with Crippen LogP contribution in [0, 0.1) is 0 Å². The van der Waals surface area contributed by atoms with E-state index in [9.17, 15) is 13.2 Å². The Morgan fingerprint density at radius 2 is 2.06 bits per heavy atom. The fourth-order valence-electron chi connectivity index (χ4n) is 1.99. The highest BCUT2D eigenvalue weighted by atomic mass is 32.2. The summed E-state index contributed by atoms with van der Waals surface area (Å²) in [6, 6.07) is 7.10. The average Bonchev–Trinajstić information content (AvgIpc) is 2.55. The minimum Gasteiger partial charge on any atom is -0.293 e. The highest BCUT2D eigenvalue weighted by molar-refractivity contribution is 7.89. The topological polar surface area (TPSA) is 80.5 Å². The van der Waals surface area contributed by atoms with Gasteiger partial charge in [0.1, 0.15) is 0 Å². The molecular weight excluding hydrogens is 228 g/mol. The number of nitrogens with two attached hydrogens (primary N) is 1. The van der Waals surface area contributed by atoms with Crippen LogP contribution in [0.5, 0.6) is 0 Å². The fraction of sp³-hybridized carbons (Fsp3) is 0.300. The van der Waals surface area contributed by atoms with E-state index in [4.69, 9.17) is 5.14 Å². The number of amides is 1. The summed E-state index contributed by atoms with van der Waals surface area (Å²) in [5.74, 6) is -0.316. The first-order valence-electron chi connectivity index (χ1n) is 4.80. The molecule has 1 aromatic rings. The van der Waals surface area contributed by atoms with Gasteiger partial charge < -0.3 is 0 Å². The monoisotopic (exact) mass is 240 g/mol. The van der Waals surface area contributed by atoms with Crippen LogP contribution < -0.4 is 10.0 Å². The standard InChI is InChI=1S/C10H12N2O3S/c1-7(13)12-9-5-3-2-4-8(9)6-10(12)16(11,14)15/h2-5,10H,6H2,1H3,(H2,11,14,15). The van der Waals surface area contributed by atoms with E-state index in [2.05, 4.69) is 0 Å². The third-order valence-corrected chi connectivity index (χ3v) is 3.79. The molecule has 0 aliphatic carbocycles. The lowest BCUT2D eigenvalue weighted by Crippen LogP contribution is -2.44. The van der Waals surface area contributed by atoms with E-state index >= 15 is 0 Å². The van der Waals surface area contributed by atoms with Crippen molar-refractivity contribution in [3.05, 3.63) is 29.8 Å². The molecule has 1 aliphatic heterocycles. The first-order chi connectivity index (χ1) is 7.41. The number of hydrogen-bond acceptors (Lipinski definition) is 3. The summed E-state index contributed by atoms with van der Waals surface area (Å²) in [5, 5.41) is 4.16. The van der Waals surface area contributed by atoms with Gasteiger partial charge in [0.05, 0.1) is 0 Å². The number of hydrogen-bond donors (Lipinski definition) is 1. The van der Waals surface area contributed by atoms with Crippen molar-refractivity contribution in [3.63, 3.8) is 0 Å². The summed E-state index contributed by atoms with van der Waals surface area (Å²) in [7, 11) is -3.76. The predicted molar refractivity (Wildman–Crippen MR) is 60.2 cm³/mol. The maximum atomic E-state index is 11.5. The maximum absolute atomic E-state index is 11.5. The number of anilines is 1. The van der Waals surface area contributed by atoms with Crippen LogP contribution in [-0.2, 0) is 21.2 Å². The lowest BCUT2D eigenvalue weighted by Gasteiger charge is -2.22. The molecule has 1 amide bonds. The molecule has 2 N–H and O–H groups in total. The Bertz CT molecular complexity index is 539. The van der Waals surface area contributed by atoms with Crippen LogP contribution in [0.2, 0.25) is 0 Å². The Morgan fingerprint density at radius 1 is 1.44 bits per heavy atom. The van der Waals surface area contributed by atoms with Gasteiger partial charge in [0, 0.05) is 19.0 Å². The van der Waals surface area contributed by atoms with E-state index in [1.165, 1.54) is 11.8 Å². The van der Waals surface area contributed by atoms with E-state index in [-0.39, 0.29) is 12.3 Å². The smallest absolute Gasteiger partial charge is 0.231 e. The summed E-state index contributed by atoms with van der Waals surface area (Å²) in [4.78, 5) is 12.7. The molecule has 86 valence electrons. The molecule has 1 aromatic carbocycles. The van der Waals surface area contributed by atoms with Crippen molar-refractivity contribution in [3.8, 4) is 0 Å². The van der Waals surface area contributed by atoms with Gasteiger partial charge in [-0.2, -0.15) is 0 Å². The van der Waals surface area contributed by atoms with Crippen LogP contribution in [-0.4, -0.2) is 19.7 Å². The predicted octanol–water partition coefficient (Wildman–Crippen LogP) is 0.210. The summed E-state index contributed by atoms with van der Waals surface area (Å²) in [6.45, 7) is 1.33. The van der Waals surface area contributed by atoms with Crippen molar-refractivity contribution in [1.82, 2.24) is 0 Å². The molecule has 0 saturated carbocycles. The SMILES string of the molecule is CC(=O)N1c2ccccc2CC1S(N)(=O)=O. The van der Waals surface area contributed by atoms with Crippen molar-refractivity contribution in [2.24, 2.45) is 5.14 Å². The van der Waals surface area contributed by atoms with E-state index in [0.29, 0.717) is 5.69 Å². The van der Waals surface area contributed by atoms with Crippen molar-refractivity contribution in [2.45, 2.75) is 18.7 Å². The van der Waals surface area contributed by atoms with Gasteiger partial charge in [0.15, 0.2) is 5.37 Å². The zero-order valence-electron chi connectivity index (χ0n) is 8.75. The summed E-state index contributed by atoms with van der Waals surface area (Å²) in [6.07, 6.45) is 0.259. The normalized spacial score (nSPS) is 19.6. The highest BCUT2D eigenvalue weighted by Crippen LogP contribution is 2.33. The number of benzene rings is 1. The van der Waals surface area contributed by atoms with E-state index in [1.54, 1.807) is 18.2 Å². The molecule has 0 saturated heterocycles. The number of nitrogens with zero attached hydrogens (tertiary/aromatic N) is 1. The minimum absolute atomic E-state index is 0.259. The van der Waals surface area contributed by atoms with Gasteiger partial charge in [-0.05, 0) is 11.6 Å². The molecule has 1 heterocycles. The summed E-state index contributed by atoms with van der Waals surface area (Å²) in [5.41, 5.74) is 1.46. The molecule has 0 aromatic heterocycles. The number of fused-ring (bicyclic) bond motifs is 1. The largest absolute Gasteiger partial charge is 0.293 e.